The first-order valence-corrected chi connectivity index (χ1v) is 9.36. The normalized spacial score (nSPS) is 17.2. The molecule has 22 heavy (non-hydrogen) atoms. The highest BCUT2D eigenvalue weighted by molar-refractivity contribution is 7.98. The first-order valence-electron chi connectivity index (χ1n) is 7.97. The minimum absolute atomic E-state index is 0.112. The van der Waals surface area contributed by atoms with E-state index in [-0.39, 0.29) is 11.9 Å². The van der Waals surface area contributed by atoms with E-state index in [1.54, 1.807) is 11.8 Å². The fraction of sp³-hybridized carbons (Fsp3) is 0.588. The number of para-hydroxylation sites is 1. The maximum atomic E-state index is 12.4. The molecule has 2 N–H and O–H groups in total. The second kappa shape index (κ2) is 8.44. The molecule has 122 valence electrons. The van der Waals surface area contributed by atoms with Gasteiger partial charge in [-0.1, -0.05) is 18.2 Å². The SMILES string of the molecule is CSCC[C@H](N)C(=O)N1CCCN(c2ccccc2C)CC1. The molecule has 0 bridgehead atoms. The Labute approximate surface area is 138 Å². The first-order chi connectivity index (χ1) is 10.6. The van der Waals surface area contributed by atoms with Gasteiger partial charge in [-0.25, -0.2) is 0 Å². The van der Waals surface area contributed by atoms with Crippen LogP contribution in [0, 0.1) is 6.92 Å². The van der Waals surface area contributed by atoms with Crippen molar-refractivity contribution < 1.29 is 4.79 Å². The summed E-state index contributed by atoms with van der Waals surface area (Å²) in [5.74, 6) is 1.05. The lowest BCUT2D eigenvalue weighted by atomic mass is 10.2. The Morgan fingerprint density at radius 2 is 2.05 bits per heavy atom. The molecule has 5 heteroatoms. The van der Waals surface area contributed by atoms with Gasteiger partial charge in [0.15, 0.2) is 0 Å². The van der Waals surface area contributed by atoms with E-state index in [0.29, 0.717) is 0 Å². The van der Waals surface area contributed by atoms with Gasteiger partial charge in [0.25, 0.3) is 0 Å². The topological polar surface area (TPSA) is 49.6 Å². The van der Waals surface area contributed by atoms with Crippen LogP contribution in [0.3, 0.4) is 0 Å². The zero-order valence-corrected chi connectivity index (χ0v) is 14.4. The van der Waals surface area contributed by atoms with Gasteiger partial charge in [-0.2, -0.15) is 11.8 Å². The summed E-state index contributed by atoms with van der Waals surface area (Å²) in [5, 5.41) is 0. The van der Waals surface area contributed by atoms with Crippen LogP contribution in [-0.2, 0) is 4.79 Å². The number of nitrogens with zero attached hydrogens (tertiary/aromatic N) is 2. The lowest BCUT2D eigenvalue weighted by Gasteiger charge is -2.26. The van der Waals surface area contributed by atoms with Crippen molar-refractivity contribution in [2.24, 2.45) is 5.73 Å². The smallest absolute Gasteiger partial charge is 0.239 e. The highest BCUT2D eigenvalue weighted by Crippen LogP contribution is 2.21. The van der Waals surface area contributed by atoms with Gasteiger partial charge < -0.3 is 15.5 Å². The third-order valence-electron chi connectivity index (χ3n) is 4.21. The standard InChI is InChI=1S/C17H27N3OS/c1-14-6-3-4-7-16(14)19-9-5-10-20(12-11-19)17(21)15(18)8-13-22-2/h3-4,6-7,15H,5,8-13,18H2,1-2H3/t15-/m0/s1. The summed E-state index contributed by atoms with van der Waals surface area (Å²) in [6.07, 6.45) is 3.80. The highest BCUT2D eigenvalue weighted by Gasteiger charge is 2.23. The van der Waals surface area contributed by atoms with Crippen LogP contribution in [0.25, 0.3) is 0 Å². The number of anilines is 1. The number of nitrogens with two attached hydrogens (primary N) is 1. The largest absolute Gasteiger partial charge is 0.369 e. The molecule has 0 saturated carbocycles. The molecule has 1 saturated heterocycles. The number of hydrogen-bond acceptors (Lipinski definition) is 4. The van der Waals surface area contributed by atoms with Crippen LogP contribution in [0.15, 0.2) is 24.3 Å². The Hall–Kier alpha value is -1.20. The van der Waals surface area contributed by atoms with Crippen molar-refractivity contribution in [3.8, 4) is 0 Å². The Bertz CT molecular complexity index is 495. The van der Waals surface area contributed by atoms with E-state index >= 15 is 0 Å². The number of hydrogen-bond donors (Lipinski definition) is 1. The summed E-state index contributed by atoms with van der Waals surface area (Å²) in [5.41, 5.74) is 8.61. The first kappa shape index (κ1) is 17.2. The molecule has 1 amide bonds. The van der Waals surface area contributed by atoms with E-state index < -0.39 is 0 Å². The Morgan fingerprint density at radius 1 is 1.27 bits per heavy atom. The van der Waals surface area contributed by atoms with Crippen molar-refractivity contribution >= 4 is 23.4 Å². The van der Waals surface area contributed by atoms with E-state index in [4.69, 9.17) is 5.73 Å². The van der Waals surface area contributed by atoms with Gasteiger partial charge in [-0.15, -0.1) is 0 Å². The molecule has 0 radical (unpaired) electrons. The molecule has 4 nitrogen and oxygen atoms in total. The number of carbonyl (C=O) groups is 1. The summed E-state index contributed by atoms with van der Waals surface area (Å²) in [6.45, 7) is 5.59. The van der Waals surface area contributed by atoms with Crippen molar-refractivity contribution in [2.45, 2.75) is 25.8 Å². The molecule has 2 rings (SSSR count). The van der Waals surface area contributed by atoms with Gasteiger partial charge in [-0.05, 0) is 43.4 Å². The van der Waals surface area contributed by atoms with Crippen LogP contribution in [0.2, 0.25) is 0 Å². The fourth-order valence-electron chi connectivity index (χ4n) is 2.90. The Kier molecular flexibility index (Phi) is 6.58. The van der Waals surface area contributed by atoms with Crippen LogP contribution < -0.4 is 10.6 Å². The van der Waals surface area contributed by atoms with Gasteiger partial charge in [0.2, 0.25) is 5.91 Å². The molecule has 1 heterocycles. The van der Waals surface area contributed by atoms with Gasteiger partial charge in [0.05, 0.1) is 6.04 Å². The number of amides is 1. The van der Waals surface area contributed by atoms with Gasteiger partial charge in [-0.3, -0.25) is 4.79 Å². The molecule has 1 aliphatic rings. The van der Waals surface area contributed by atoms with Crippen LogP contribution in [0.1, 0.15) is 18.4 Å². The lowest BCUT2D eigenvalue weighted by molar-refractivity contribution is -0.132. The highest BCUT2D eigenvalue weighted by atomic mass is 32.2. The summed E-state index contributed by atoms with van der Waals surface area (Å²) < 4.78 is 0. The molecule has 0 spiro atoms. The summed E-state index contributed by atoms with van der Waals surface area (Å²) in [6, 6.07) is 8.10. The third-order valence-corrected chi connectivity index (χ3v) is 4.86. The lowest BCUT2D eigenvalue weighted by Crippen LogP contribution is -2.45. The molecule has 1 fully saturated rings. The molecule has 0 aliphatic carbocycles. The second-order valence-electron chi connectivity index (χ2n) is 5.84. The molecule has 1 aromatic carbocycles. The van der Waals surface area contributed by atoms with Crippen LogP contribution in [0.4, 0.5) is 5.69 Å². The zero-order chi connectivity index (χ0) is 15.9. The van der Waals surface area contributed by atoms with Crippen molar-refractivity contribution in [3.05, 3.63) is 29.8 Å². The van der Waals surface area contributed by atoms with Crippen LogP contribution in [0.5, 0.6) is 0 Å². The van der Waals surface area contributed by atoms with Crippen LogP contribution >= 0.6 is 11.8 Å². The molecule has 0 aromatic heterocycles. The molecule has 1 atom stereocenters. The maximum Gasteiger partial charge on any atom is 0.239 e. The summed E-state index contributed by atoms with van der Waals surface area (Å²) in [4.78, 5) is 16.8. The average molecular weight is 321 g/mol. The van der Waals surface area contributed by atoms with E-state index in [0.717, 1.165) is 44.8 Å². The summed E-state index contributed by atoms with van der Waals surface area (Å²) >= 11 is 1.74. The van der Waals surface area contributed by atoms with Crippen LogP contribution in [-0.4, -0.2) is 55.0 Å². The van der Waals surface area contributed by atoms with Crippen molar-refractivity contribution in [1.29, 1.82) is 0 Å². The number of benzene rings is 1. The predicted molar refractivity (Wildman–Crippen MR) is 95.6 cm³/mol. The number of carbonyl (C=O) groups excluding carboxylic acids is 1. The maximum absolute atomic E-state index is 12.4. The zero-order valence-electron chi connectivity index (χ0n) is 13.6. The Balaban J connectivity index is 1.95. The number of rotatable bonds is 5. The van der Waals surface area contributed by atoms with Crippen molar-refractivity contribution in [3.63, 3.8) is 0 Å². The van der Waals surface area contributed by atoms with E-state index in [9.17, 15) is 4.79 Å². The third kappa shape index (κ3) is 4.40. The monoisotopic (exact) mass is 321 g/mol. The fourth-order valence-corrected chi connectivity index (χ4v) is 3.39. The number of aryl methyl sites for hydroxylation is 1. The molecule has 1 aromatic rings. The van der Waals surface area contributed by atoms with Gasteiger partial charge >= 0.3 is 0 Å². The van der Waals surface area contributed by atoms with Crippen molar-refractivity contribution in [1.82, 2.24) is 4.90 Å². The second-order valence-corrected chi connectivity index (χ2v) is 6.83. The molecule has 0 unspecified atom stereocenters. The van der Waals surface area contributed by atoms with E-state index in [1.165, 1.54) is 11.3 Å². The molecule has 1 aliphatic heterocycles. The number of thioether (sulfide) groups is 1. The van der Waals surface area contributed by atoms with E-state index in [2.05, 4.69) is 36.1 Å². The molecular weight excluding hydrogens is 294 g/mol. The summed E-state index contributed by atoms with van der Waals surface area (Å²) in [7, 11) is 0. The quantitative estimate of drug-likeness (QED) is 0.902. The minimum Gasteiger partial charge on any atom is -0.369 e. The van der Waals surface area contributed by atoms with Gasteiger partial charge in [0, 0.05) is 31.9 Å². The minimum atomic E-state index is -0.350. The van der Waals surface area contributed by atoms with E-state index in [1.807, 2.05) is 11.2 Å². The average Bonchev–Trinajstić information content (AvgIpc) is 2.78. The Morgan fingerprint density at radius 3 is 2.77 bits per heavy atom. The predicted octanol–water partition coefficient (Wildman–Crippen LogP) is 2.11. The van der Waals surface area contributed by atoms with Gasteiger partial charge in [0.1, 0.15) is 0 Å². The van der Waals surface area contributed by atoms with Crippen molar-refractivity contribution in [2.75, 3.05) is 43.1 Å². The molecular formula is C17H27N3OS.